The predicted molar refractivity (Wildman–Crippen MR) is 78.8 cm³/mol. The van der Waals surface area contributed by atoms with Crippen molar-refractivity contribution in [3.63, 3.8) is 0 Å². The molecule has 20 heavy (non-hydrogen) atoms. The van der Waals surface area contributed by atoms with E-state index in [-0.39, 0.29) is 6.61 Å². The van der Waals surface area contributed by atoms with Crippen LogP contribution in [0.3, 0.4) is 0 Å². The number of nitrogens with one attached hydrogen (secondary N) is 1. The summed E-state index contributed by atoms with van der Waals surface area (Å²) in [5, 5.41) is 3.19. The zero-order chi connectivity index (χ0) is 14.8. The van der Waals surface area contributed by atoms with Gasteiger partial charge in [0.2, 0.25) is 0 Å². The molecule has 1 aromatic rings. The predicted octanol–water partition coefficient (Wildman–Crippen LogP) is 3.37. The minimum atomic E-state index is -1.15. The van der Waals surface area contributed by atoms with Gasteiger partial charge in [0.05, 0.1) is 6.61 Å². The zero-order valence-corrected chi connectivity index (χ0v) is 13.3. The second kappa shape index (κ2) is 6.22. The molecule has 1 aliphatic rings. The van der Waals surface area contributed by atoms with E-state index in [1.807, 2.05) is 0 Å². The first-order chi connectivity index (χ1) is 9.47. The van der Waals surface area contributed by atoms with Gasteiger partial charge in [0.1, 0.15) is 11.4 Å². The minimum Gasteiger partial charge on any atom is -0.464 e. The van der Waals surface area contributed by atoms with Gasteiger partial charge in [0.25, 0.3) is 0 Å². The number of rotatable bonds is 6. The minimum absolute atomic E-state index is 0.275. The van der Waals surface area contributed by atoms with E-state index < -0.39 is 17.3 Å². The number of ether oxygens (including phenoxy) is 1. The maximum atomic E-state index is 14.2. The van der Waals surface area contributed by atoms with Crippen LogP contribution in [0.1, 0.15) is 32.3 Å². The molecule has 0 saturated heterocycles. The molecule has 1 N–H and O–H groups in total. The van der Waals surface area contributed by atoms with Crippen molar-refractivity contribution in [1.29, 1.82) is 0 Å². The number of halogens is 2. The molecule has 1 saturated carbocycles. The summed E-state index contributed by atoms with van der Waals surface area (Å²) >= 11 is 3.23. The Kier molecular flexibility index (Phi) is 4.81. The molecule has 0 heterocycles. The quantitative estimate of drug-likeness (QED) is 0.805. The molecule has 1 aromatic carbocycles. The van der Waals surface area contributed by atoms with E-state index >= 15 is 0 Å². The number of hydrogen-bond acceptors (Lipinski definition) is 3. The topological polar surface area (TPSA) is 38.3 Å². The van der Waals surface area contributed by atoms with E-state index in [1.54, 1.807) is 26.0 Å². The zero-order valence-electron chi connectivity index (χ0n) is 11.7. The molecule has 1 unspecified atom stereocenters. The van der Waals surface area contributed by atoms with Gasteiger partial charge in [-0.05, 0) is 51.3 Å². The van der Waals surface area contributed by atoms with E-state index in [9.17, 15) is 9.18 Å². The highest BCUT2D eigenvalue weighted by Crippen LogP contribution is 2.32. The molecule has 3 nitrogen and oxygen atoms in total. The average molecular weight is 344 g/mol. The van der Waals surface area contributed by atoms with Crippen molar-refractivity contribution in [3.05, 3.63) is 34.1 Å². The maximum absolute atomic E-state index is 14.2. The van der Waals surface area contributed by atoms with Gasteiger partial charge in [-0.3, -0.25) is 5.32 Å². The van der Waals surface area contributed by atoms with Crippen LogP contribution in [-0.4, -0.2) is 19.1 Å². The lowest BCUT2D eigenvalue weighted by atomic mass is 9.91. The van der Waals surface area contributed by atoms with Crippen LogP contribution >= 0.6 is 15.9 Å². The Morgan fingerprint density at radius 2 is 2.25 bits per heavy atom. The smallest absolute Gasteiger partial charge is 0.330 e. The van der Waals surface area contributed by atoms with Crippen molar-refractivity contribution in [2.45, 2.75) is 32.2 Å². The number of carbonyl (C=O) groups is 1. The van der Waals surface area contributed by atoms with E-state index in [0.29, 0.717) is 22.5 Å². The van der Waals surface area contributed by atoms with Crippen molar-refractivity contribution < 1.29 is 13.9 Å². The summed E-state index contributed by atoms with van der Waals surface area (Å²) in [6.45, 7) is 4.40. The van der Waals surface area contributed by atoms with Crippen molar-refractivity contribution >= 4 is 21.9 Å². The van der Waals surface area contributed by atoms with E-state index in [2.05, 4.69) is 21.2 Å². The molecule has 0 amide bonds. The second-order valence-electron chi connectivity index (χ2n) is 5.29. The number of hydrogen-bond donors (Lipinski definition) is 1. The number of esters is 1. The average Bonchev–Trinajstić information content (AvgIpc) is 3.20. The third-order valence-electron chi connectivity index (χ3n) is 3.59. The highest BCUT2D eigenvalue weighted by molar-refractivity contribution is 9.10. The fourth-order valence-corrected chi connectivity index (χ4v) is 2.45. The largest absolute Gasteiger partial charge is 0.464 e. The molecular formula is C15H19BrFNO2. The fourth-order valence-electron chi connectivity index (χ4n) is 2.12. The maximum Gasteiger partial charge on any atom is 0.330 e. The Labute approximate surface area is 127 Å². The molecule has 5 heteroatoms. The molecule has 1 atom stereocenters. The molecule has 0 aromatic heterocycles. The number of carbonyl (C=O) groups excluding carboxylic acids is 1. The summed E-state index contributed by atoms with van der Waals surface area (Å²) in [5.41, 5.74) is -0.830. The van der Waals surface area contributed by atoms with Crippen molar-refractivity contribution in [2.75, 3.05) is 13.2 Å². The fraction of sp³-hybridized carbons (Fsp3) is 0.533. The summed E-state index contributed by atoms with van der Waals surface area (Å²) in [4.78, 5) is 12.3. The molecular weight excluding hydrogens is 325 g/mol. The van der Waals surface area contributed by atoms with Crippen molar-refractivity contribution in [1.82, 2.24) is 5.32 Å². The van der Waals surface area contributed by atoms with Crippen LogP contribution in [0.25, 0.3) is 0 Å². The molecule has 0 spiro atoms. The first-order valence-corrected chi connectivity index (χ1v) is 7.64. The van der Waals surface area contributed by atoms with Crippen molar-refractivity contribution in [2.24, 2.45) is 5.92 Å². The van der Waals surface area contributed by atoms with Crippen LogP contribution in [0, 0.1) is 11.7 Å². The van der Waals surface area contributed by atoms with Gasteiger partial charge >= 0.3 is 5.97 Å². The normalized spacial score (nSPS) is 17.6. The highest BCUT2D eigenvalue weighted by Gasteiger charge is 2.40. The van der Waals surface area contributed by atoms with Gasteiger partial charge in [-0.2, -0.15) is 0 Å². The molecule has 0 radical (unpaired) electrons. The Morgan fingerprint density at radius 3 is 2.80 bits per heavy atom. The van der Waals surface area contributed by atoms with Crippen LogP contribution in [0.4, 0.5) is 4.39 Å². The third kappa shape index (κ3) is 3.38. The SMILES string of the molecule is CCOC(=O)C(C)(NCC1CC1)c1ccc(Br)cc1F. The van der Waals surface area contributed by atoms with Gasteiger partial charge in [0.15, 0.2) is 0 Å². The highest BCUT2D eigenvalue weighted by atomic mass is 79.9. The van der Waals surface area contributed by atoms with Crippen LogP contribution < -0.4 is 5.32 Å². The summed E-state index contributed by atoms with van der Waals surface area (Å²) in [6, 6.07) is 4.72. The molecule has 0 bridgehead atoms. The monoisotopic (exact) mass is 343 g/mol. The van der Waals surface area contributed by atoms with E-state index in [0.717, 1.165) is 12.8 Å². The van der Waals surface area contributed by atoms with Gasteiger partial charge in [-0.15, -0.1) is 0 Å². The standard InChI is InChI=1S/C15H19BrFNO2/c1-3-20-14(19)15(2,18-9-10-4-5-10)12-7-6-11(16)8-13(12)17/h6-8,10,18H,3-5,9H2,1-2H3. The van der Waals surface area contributed by atoms with Gasteiger partial charge in [-0.1, -0.05) is 22.0 Å². The Balaban J connectivity index is 2.29. The number of benzene rings is 1. The molecule has 2 rings (SSSR count). The summed E-state index contributed by atoms with van der Waals surface area (Å²) < 4.78 is 20.0. The van der Waals surface area contributed by atoms with Gasteiger partial charge in [-0.25, -0.2) is 9.18 Å². The van der Waals surface area contributed by atoms with E-state index in [4.69, 9.17) is 4.74 Å². The lowest BCUT2D eigenvalue weighted by Gasteiger charge is -2.29. The Bertz CT molecular complexity index is 505. The molecule has 1 fully saturated rings. The van der Waals surface area contributed by atoms with Crippen LogP contribution in [0.5, 0.6) is 0 Å². The van der Waals surface area contributed by atoms with Crippen LogP contribution in [0.2, 0.25) is 0 Å². The van der Waals surface area contributed by atoms with Gasteiger partial charge in [0, 0.05) is 10.0 Å². The molecule has 0 aliphatic heterocycles. The lowest BCUT2D eigenvalue weighted by molar-refractivity contribution is -0.151. The first-order valence-electron chi connectivity index (χ1n) is 6.85. The van der Waals surface area contributed by atoms with Crippen LogP contribution in [-0.2, 0) is 15.1 Å². The Hall–Kier alpha value is -0.940. The van der Waals surface area contributed by atoms with Crippen LogP contribution in [0.15, 0.2) is 22.7 Å². The summed E-state index contributed by atoms with van der Waals surface area (Å²) in [6.07, 6.45) is 2.32. The first kappa shape index (κ1) is 15.4. The molecule has 1 aliphatic carbocycles. The third-order valence-corrected chi connectivity index (χ3v) is 4.09. The lowest BCUT2D eigenvalue weighted by Crippen LogP contribution is -2.49. The van der Waals surface area contributed by atoms with Gasteiger partial charge < -0.3 is 4.74 Å². The summed E-state index contributed by atoms with van der Waals surface area (Å²) in [7, 11) is 0. The van der Waals surface area contributed by atoms with Crippen molar-refractivity contribution in [3.8, 4) is 0 Å². The second-order valence-corrected chi connectivity index (χ2v) is 6.21. The molecule has 110 valence electrons. The summed E-state index contributed by atoms with van der Waals surface area (Å²) in [5.74, 6) is -0.276. The Morgan fingerprint density at radius 1 is 1.55 bits per heavy atom. The van der Waals surface area contributed by atoms with E-state index in [1.165, 1.54) is 6.07 Å².